The van der Waals surface area contributed by atoms with Gasteiger partial charge in [-0.1, -0.05) is 28.2 Å². The molecule has 1 rings (SSSR count). The third-order valence-corrected chi connectivity index (χ3v) is 2.19. The third-order valence-electron chi connectivity index (χ3n) is 2.19. The predicted molar refractivity (Wildman–Crippen MR) is 57.1 cm³/mol. The van der Waals surface area contributed by atoms with Crippen molar-refractivity contribution in [2.75, 3.05) is 6.54 Å². The van der Waals surface area contributed by atoms with E-state index in [1.165, 1.54) is 0 Å². The van der Waals surface area contributed by atoms with Crippen LogP contribution < -0.4 is 0 Å². The fourth-order valence-corrected chi connectivity index (χ4v) is 1.31. The molecule has 0 saturated carbocycles. The summed E-state index contributed by atoms with van der Waals surface area (Å²) in [6, 6.07) is 0. The number of hydrogen-bond acceptors (Lipinski definition) is 3. The number of Topliss-reactive ketones (excluding diaryl/α,β-unsaturated/α-hetero) is 1. The molecule has 0 aliphatic carbocycles. The van der Waals surface area contributed by atoms with Crippen LogP contribution in [-0.2, 0) is 14.4 Å². The van der Waals surface area contributed by atoms with Gasteiger partial charge >= 0.3 is 0 Å². The molecule has 0 unspecified atom stereocenters. The quantitative estimate of drug-likeness (QED) is 0.618. The van der Waals surface area contributed by atoms with E-state index in [2.05, 4.69) is 0 Å². The molecule has 0 radical (unpaired) electrons. The molecule has 0 spiro atoms. The number of hydrogen-bond donors (Lipinski definition) is 0. The minimum Gasteiger partial charge on any atom is -0.288 e. The van der Waals surface area contributed by atoms with Crippen molar-refractivity contribution in [2.45, 2.75) is 41.0 Å². The highest BCUT2D eigenvalue weighted by Gasteiger charge is 2.36. The fraction of sp³-hybridized carbons (Fsp3) is 0.727. The van der Waals surface area contributed by atoms with Crippen LogP contribution in [0.3, 0.4) is 0 Å². The molecule has 86 valence electrons. The molecule has 0 aromatic rings. The first-order valence-electron chi connectivity index (χ1n) is 4.73. The number of imide groups is 1. The summed E-state index contributed by atoms with van der Waals surface area (Å²) in [6.07, 6.45) is 1.05. The van der Waals surface area contributed by atoms with Crippen molar-refractivity contribution in [3.05, 3.63) is 0 Å². The highest BCUT2D eigenvalue weighted by Crippen LogP contribution is 2.18. The van der Waals surface area contributed by atoms with Crippen molar-refractivity contribution >= 4 is 17.6 Å². The van der Waals surface area contributed by atoms with Crippen LogP contribution in [0.25, 0.3) is 0 Å². The SMILES string of the molecule is C.CC(C)(C)C(=O)C(=O)N1CCCC1=O. The lowest BCUT2D eigenvalue weighted by Crippen LogP contribution is -2.42. The Bertz CT molecular complexity index is 289. The molecule has 15 heavy (non-hydrogen) atoms. The Kier molecular flexibility index (Phi) is 4.19. The van der Waals surface area contributed by atoms with Crippen LogP contribution in [0.4, 0.5) is 0 Å². The molecule has 0 N–H and O–H groups in total. The molecule has 1 aliphatic rings. The summed E-state index contributed by atoms with van der Waals surface area (Å²) in [5.74, 6) is -1.37. The first-order valence-corrected chi connectivity index (χ1v) is 4.73. The van der Waals surface area contributed by atoms with Gasteiger partial charge in [0.1, 0.15) is 0 Å². The Balaban J connectivity index is 0.00000196. The van der Waals surface area contributed by atoms with Crippen LogP contribution >= 0.6 is 0 Å². The molecule has 1 aliphatic heterocycles. The second-order valence-electron chi connectivity index (χ2n) is 4.53. The van der Waals surface area contributed by atoms with Gasteiger partial charge in [0.2, 0.25) is 11.7 Å². The Labute approximate surface area is 90.6 Å². The van der Waals surface area contributed by atoms with Crippen LogP contribution in [0, 0.1) is 5.41 Å². The molecule has 1 fully saturated rings. The van der Waals surface area contributed by atoms with E-state index in [0.717, 1.165) is 4.90 Å². The van der Waals surface area contributed by atoms with Gasteiger partial charge in [-0.05, 0) is 6.42 Å². The lowest BCUT2D eigenvalue weighted by Gasteiger charge is -2.19. The Morgan fingerprint density at radius 1 is 1.27 bits per heavy atom. The molecule has 0 aromatic heterocycles. The maximum absolute atomic E-state index is 11.6. The number of ketones is 1. The molecule has 0 atom stereocenters. The largest absolute Gasteiger partial charge is 0.297 e. The zero-order valence-electron chi connectivity index (χ0n) is 8.79. The molecule has 0 aromatic carbocycles. The number of rotatable bonds is 1. The molecule has 2 amide bonds. The highest BCUT2D eigenvalue weighted by molar-refractivity contribution is 6.40. The summed E-state index contributed by atoms with van der Waals surface area (Å²) in [5, 5.41) is 0. The van der Waals surface area contributed by atoms with Crippen molar-refractivity contribution in [1.82, 2.24) is 4.90 Å². The average molecular weight is 213 g/mol. The lowest BCUT2D eigenvalue weighted by atomic mass is 9.90. The smallest absolute Gasteiger partial charge is 0.288 e. The minimum absolute atomic E-state index is 0. The van der Waals surface area contributed by atoms with Gasteiger partial charge in [0, 0.05) is 18.4 Å². The molecular weight excluding hydrogens is 194 g/mol. The van der Waals surface area contributed by atoms with Crippen LogP contribution in [0.2, 0.25) is 0 Å². The second kappa shape index (κ2) is 4.55. The van der Waals surface area contributed by atoms with E-state index in [1.807, 2.05) is 0 Å². The normalized spacial score (nSPS) is 16.2. The lowest BCUT2D eigenvalue weighted by molar-refractivity contribution is -0.152. The average Bonchev–Trinajstić information content (AvgIpc) is 2.47. The zero-order chi connectivity index (χ0) is 10.9. The Hall–Kier alpha value is -1.19. The van der Waals surface area contributed by atoms with Gasteiger partial charge in [-0.3, -0.25) is 19.3 Å². The summed E-state index contributed by atoms with van der Waals surface area (Å²) < 4.78 is 0. The molecule has 1 saturated heterocycles. The Morgan fingerprint density at radius 2 is 1.80 bits per heavy atom. The maximum atomic E-state index is 11.6. The van der Waals surface area contributed by atoms with E-state index in [4.69, 9.17) is 0 Å². The predicted octanol–water partition coefficient (Wildman–Crippen LogP) is 1.39. The highest BCUT2D eigenvalue weighted by atomic mass is 16.2. The molecule has 0 bridgehead atoms. The first-order chi connectivity index (χ1) is 6.34. The van der Waals surface area contributed by atoms with Gasteiger partial charge in [0.15, 0.2) is 0 Å². The monoisotopic (exact) mass is 213 g/mol. The van der Waals surface area contributed by atoms with E-state index >= 15 is 0 Å². The number of nitrogens with zero attached hydrogens (tertiary/aromatic N) is 1. The van der Waals surface area contributed by atoms with Crippen molar-refractivity contribution in [3.63, 3.8) is 0 Å². The van der Waals surface area contributed by atoms with Gasteiger partial charge in [-0.15, -0.1) is 0 Å². The molecule has 1 heterocycles. The number of amides is 2. The fourth-order valence-electron chi connectivity index (χ4n) is 1.31. The van der Waals surface area contributed by atoms with Crippen LogP contribution in [-0.4, -0.2) is 29.0 Å². The van der Waals surface area contributed by atoms with E-state index in [1.54, 1.807) is 20.8 Å². The summed E-state index contributed by atoms with van der Waals surface area (Å²) >= 11 is 0. The Morgan fingerprint density at radius 3 is 2.13 bits per heavy atom. The van der Waals surface area contributed by atoms with Gasteiger partial charge in [-0.25, -0.2) is 0 Å². The number of carbonyl (C=O) groups is 3. The van der Waals surface area contributed by atoms with Crippen molar-refractivity contribution < 1.29 is 14.4 Å². The van der Waals surface area contributed by atoms with E-state index < -0.39 is 17.1 Å². The van der Waals surface area contributed by atoms with E-state index in [-0.39, 0.29) is 13.3 Å². The topological polar surface area (TPSA) is 54.5 Å². The molecule has 4 heteroatoms. The van der Waals surface area contributed by atoms with Gasteiger partial charge in [-0.2, -0.15) is 0 Å². The third kappa shape index (κ3) is 2.88. The minimum atomic E-state index is -0.708. The van der Waals surface area contributed by atoms with Crippen molar-refractivity contribution in [2.24, 2.45) is 5.41 Å². The zero-order valence-corrected chi connectivity index (χ0v) is 8.79. The van der Waals surface area contributed by atoms with Crippen LogP contribution in [0.5, 0.6) is 0 Å². The van der Waals surface area contributed by atoms with Gasteiger partial charge in [0.25, 0.3) is 5.91 Å². The standard InChI is InChI=1S/C10H15NO3.CH4/c1-10(2,3)8(13)9(14)11-6-4-5-7(11)12;/h4-6H2,1-3H3;1H4. The summed E-state index contributed by atoms with van der Waals surface area (Å²) in [7, 11) is 0. The molecular formula is C11H19NO3. The second-order valence-corrected chi connectivity index (χ2v) is 4.53. The number of carbonyl (C=O) groups excluding carboxylic acids is 3. The maximum Gasteiger partial charge on any atom is 0.297 e. The van der Waals surface area contributed by atoms with E-state index in [0.29, 0.717) is 19.4 Å². The molecule has 4 nitrogen and oxygen atoms in total. The van der Waals surface area contributed by atoms with Crippen LogP contribution in [0.1, 0.15) is 41.0 Å². The summed E-state index contributed by atoms with van der Waals surface area (Å²) in [4.78, 5) is 35.4. The van der Waals surface area contributed by atoms with Crippen molar-refractivity contribution in [1.29, 1.82) is 0 Å². The summed E-state index contributed by atoms with van der Waals surface area (Å²) in [5.41, 5.74) is -0.708. The van der Waals surface area contributed by atoms with Crippen molar-refractivity contribution in [3.8, 4) is 0 Å². The van der Waals surface area contributed by atoms with Gasteiger partial charge in [0.05, 0.1) is 0 Å². The van der Waals surface area contributed by atoms with Crippen LogP contribution in [0.15, 0.2) is 0 Å². The van der Waals surface area contributed by atoms with E-state index in [9.17, 15) is 14.4 Å². The first kappa shape index (κ1) is 13.8. The van der Waals surface area contributed by atoms with Gasteiger partial charge < -0.3 is 0 Å². The summed E-state index contributed by atoms with van der Waals surface area (Å²) in [6.45, 7) is 5.41. The number of likely N-dealkylation sites (tertiary alicyclic amines) is 1.